The van der Waals surface area contributed by atoms with E-state index in [2.05, 4.69) is 84.2 Å². The third-order valence-corrected chi connectivity index (χ3v) is 7.15. The number of piperazine rings is 1. The molecule has 0 amide bonds. The number of anilines is 2. The number of nitrogens with zero attached hydrogens (tertiary/aromatic N) is 4. The van der Waals surface area contributed by atoms with Crippen molar-refractivity contribution in [2.45, 2.75) is 32.6 Å². The van der Waals surface area contributed by atoms with Crippen LogP contribution >= 0.6 is 23.2 Å². The summed E-state index contributed by atoms with van der Waals surface area (Å²) >= 11 is 12.4. The van der Waals surface area contributed by atoms with Gasteiger partial charge in [0.05, 0.1) is 5.69 Å². The molecule has 0 unspecified atom stereocenters. The second kappa shape index (κ2) is 9.67. The van der Waals surface area contributed by atoms with E-state index < -0.39 is 0 Å². The lowest BCUT2D eigenvalue weighted by Gasteiger charge is -2.37. The quantitative estimate of drug-likeness (QED) is 0.295. The summed E-state index contributed by atoms with van der Waals surface area (Å²) in [5, 5.41) is 12.9. The lowest BCUT2D eigenvalue weighted by molar-refractivity contribution is 0.589. The second-order valence-electron chi connectivity index (χ2n) is 10.2. The molecule has 5 rings (SSSR count). The number of rotatable bonds is 4. The highest BCUT2D eigenvalue weighted by Gasteiger charge is 2.22. The van der Waals surface area contributed by atoms with Crippen LogP contribution in [-0.4, -0.2) is 36.4 Å². The van der Waals surface area contributed by atoms with Crippen LogP contribution in [0.5, 0.6) is 0 Å². The highest BCUT2D eigenvalue weighted by atomic mass is 35.5. The van der Waals surface area contributed by atoms with Crippen LogP contribution in [0.25, 0.3) is 10.8 Å². The number of halogens is 2. The van der Waals surface area contributed by atoms with Crippen molar-refractivity contribution in [2.75, 3.05) is 36.0 Å². The maximum Gasteiger partial charge on any atom is 0.159 e. The Balaban J connectivity index is 1.35. The second-order valence-corrected chi connectivity index (χ2v) is 11.1. The van der Waals surface area contributed by atoms with Crippen molar-refractivity contribution in [1.29, 1.82) is 0 Å². The minimum Gasteiger partial charge on any atom is -0.368 e. The van der Waals surface area contributed by atoms with E-state index in [9.17, 15) is 0 Å². The number of benzene rings is 3. The van der Waals surface area contributed by atoms with E-state index in [1.807, 2.05) is 12.1 Å². The molecule has 6 heteroatoms. The smallest absolute Gasteiger partial charge is 0.159 e. The number of hydrogen-bond donors (Lipinski definition) is 0. The molecule has 0 aliphatic carbocycles. The zero-order valence-corrected chi connectivity index (χ0v) is 21.9. The van der Waals surface area contributed by atoms with E-state index in [0.29, 0.717) is 16.5 Å². The Hall–Kier alpha value is -2.82. The molecular formula is C29H30Cl2N4. The zero-order valence-electron chi connectivity index (χ0n) is 20.4. The topological polar surface area (TPSA) is 32.3 Å². The van der Waals surface area contributed by atoms with Gasteiger partial charge in [-0.1, -0.05) is 80.4 Å². The van der Waals surface area contributed by atoms with Gasteiger partial charge in [-0.3, -0.25) is 0 Å². The van der Waals surface area contributed by atoms with Crippen LogP contribution in [0.1, 0.15) is 37.6 Å². The Morgan fingerprint density at radius 3 is 1.97 bits per heavy atom. The van der Waals surface area contributed by atoms with Gasteiger partial charge in [-0.2, -0.15) is 5.10 Å². The van der Waals surface area contributed by atoms with E-state index in [1.165, 1.54) is 11.3 Å². The Labute approximate surface area is 217 Å². The van der Waals surface area contributed by atoms with Gasteiger partial charge < -0.3 is 9.80 Å². The van der Waals surface area contributed by atoms with Crippen molar-refractivity contribution in [3.8, 4) is 0 Å². The van der Waals surface area contributed by atoms with Crippen molar-refractivity contribution >= 4 is 45.5 Å². The normalized spacial score (nSPS) is 14.5. The molecule has 1 aromatic heterocycles. The molecule has 4 aromatic rings. The third kappa shape index (κ3) is 5.24. The fraction of sp³-hybridized carbons (Fsp3) is 0.310. The lowest BCUT2D eigenvalue weighted by Crippen LogP contribution is -2.47. The van der Waals surface area contributed by atoms with Gasteiger partial charge in [-0.25, -0.2) is 0 Å². The minimum absolute atomic E-state index is 0.169. The van der Waals surface area contributed by atoms with Crippen LogP contribution in [0.3, 0.4) is 0 Å². The van der Waals surface area contributed by atoms with Crippen LogP contribution in [0.2, 0.25) is 10.0 Å². The molecule has 1 saturated heterocycles. The molecule has 35 heavy (non-hydrogen) atoms. The molecule has 0 bridgehead atoms. The van der Waals surface area contributed by atoms with Crippen LogP contribution in [0.15, 0.2) is 66.7 Å². The first kappa shape index (κ1) is 23.9. The van der Waals surface area contributed by atoms with E-state index in [1.54, 1.807) is 6.07 Å². The summed E-state index contributed by atoms with van der Waals surface area (Å²) in [5.41, 5.74) is 4.77. The Kier molecular flexibility index (Phi) is 6.61. The van der Waals surface area contributed by atoms with Gasteiger partial charge in [0.15, 0.2) is 5.82 Å². The van der Waals surface area contributed by atoms with Gasteiger partial charge in [-0.15, -0.1) is 5.10 Å². The van der Waals surface area contributed by atoms with Crippen molar-refractivity contribution in [1.82, 2.24) is 10.2 Å². The zero-order chi connectivity index (χ0) is 24.6. The van der Waals surface area contributed by atoms with Crippen LogP contribution in [0.4, 0.5) is 11.5 Å². The molecule has 1 aliphatic rings. The Bertz CT molecular complexity index is 1320. The summed E-state index contributed by atoms with van der Waals surface area (Å²) in [7, 11) is 0. The average molecular weight is 505 g/mol. The summed E-state index contributed by atoms with van der Waals surface area (Å²) in [4.78, 5) is 4.81. The molecule has 0 N–H and O–H groups in total. The molecule has 0 radical (unpaired) electrons. The molecular weight excluding hydrogens is 475 g/mol. The van der Waals surface area contributed by atoms with E-state index in [0.717, 1.165) is 54.0 Å². The Morgan fingerprint density at radius 2 is 1.34 bits per heavy atom. The molecule has 4 nitrogen and oxygen atoms in total. The molecule has 1 aliphatic heterocycles. The van der Waals surface area contributed by atoms with Crippen molar-refractivity contribution in [2.24, 2.45) is 0 Å². The van der Waals surface area contributed by atoms with Gasteiger partial charge in [0.25, 0.3) is 0 Å². The van der Waals surface area contributed by atoms with Crippen LogP contribution in [0, 0.1) is 0 Å². The predicted octanol–water partition coefficient (Wildman–Crippen LogP) is 7.15. The minimum atomic E-state index is 0.169. The van der Waals surface area contributed by atoms with Crippen LogP contribution in [-0.2, 0) is 11.8 Å². The van der Waals surface area contributed by atoms with Crippen LogP contribution < -0.4 is 9.80 Å². The summed E-state index contributed by atoms with van der Waals surface area (Å²) in [6.45, 7) is 10.5. The molecule has 3 aromatic carbocycles. The molecule has 1 fully saturated rings. The third-order valence-electron chi connectivity index (χ3n) is 6.72. The maximum absolute atomic E-state index is 6.21. The van der Waals surface area contributed by atoms with Gasteiger partial charge in [-0.05, 0) is 46.9 Å². The maximum atomic E-state index is 6.21. The number of hydrogen-bond acceptors (Lipinski definition) is 4. The summed E-state index contributed by atoms with van der Waals surface area (Å²) < 4.78 is 0. The molecule has 180 valence electrons. The first-order chi connectivity index (χ1) is 16.8. The molecule has 0 saturated carbocycles. The summed E-state index contributed by atoms with van der Waals surface area (Å²) in [6.07, 6.45) is 0.631. The first-order valence-corrected chi connectivity index (χ1v) is 12.8. The van der Waals surface area contributed by atoms with Crippen molar-refractivity contribution < 1.29 is 0 Å². The number of fused-ring (bicyclic) bond motifs is 1. The monoisotopic (exact) mass is 504 g/mol. The molecule has 2 heterocycles. The predicted molar refractivity (Wildman–Crippen MR) is 148 cm³/mol. The molecule has 0 atom stereocenters. The van der Waals surface area contributed by atoms with Gasteiger partial charge >= 0.3 is 0 Å². The summed E-state index contributed by atoms with van der Waals surface area (Å²) in [6, 6.07) is 23.0. The standard InChI is InChI=1S/C29H30Cl2N4/c1-29(2,3)21-8-10-24(11-9-21)34-12-14-35(15-13-34)28-26-7-5-4-6-25(26)27(32-33-28)18-20-16-22(30)19-23(31)17-20/h4-11,16-17,19H,12-15,18H2,1-3H3. The van der Waals surface area contributed by atoms with E-state index in [4.69, 9.17) is 28.3 Å². The Morgan fingerprint density at radius 1 is 0.743 bits per heavy atom. The first-order valence-electron chi connectivity index (χ1n) is 12.1. The van der Waals surface area contributed by atoms with Gasteiger partial charge in [0.1, 0.15) is 0 Å². The lowest BCUT2D eigenvalue weighted by atomic mass is 9.87. The van der Waals surface area contributed by atoms with Gasteiger partial charge in [0.2, 0.25) is 0 Å². The molecule has 0 spiro atoms. The fourth-order valence-corrected chi connectivity index (χ4v) is 5.34. The van der Waals surface area contributed by atoms with Gasteiger partial charge in [0, 0.05) is 59.1 Å². The van der Waals surface area contributed by atoms with Crippen molar-refractivity contribution in [3.05, 3.63) is 93.6 Å². The summed E-state index contributed by atoms with van der Waals surface area (Å²) in [5.74, 6) is 0.955. The highest BCUT2D eigenvalue weighted by Crippen LogP contribution is 2.30. The van der Waals surface area contributed by atoms with E-state index in [-0.39, 0.29) is 5.41 Å². The van der Waals surface area contributed by atoms with E-state index >= 15 is 0 Å². The largest absolute Gasteiger partial charge is 0.368 e. The SMILES string of the molecule is CC(C)(C)c1ccc(N2CCN(c3nnc(Cc4cc(Cl)cc(Cl)c4)c4ccccc34)CC2)cc1. The van der Waals surface area contributed by atoms with Crippen molar-refractivity contribution in [3.63, 3.8) is 0 Å². The fourth-order valence-electron chi connectivity index (χ4n) is 4.76. The average Bonchev–Trinajstić information content (AvgIpc) is 2.83. The number of aromatic nitrogens is 2. The highest BCUT2D eigenvalue weighted by molar-refractivity contribution is 6.34.